The van der Waals surface area contributed by atoms with Gasteiger partial charge < -0.3 is 9.47 Å². The van der Waals surface area contributed by atoms with Crippen molar-refractivity contribution in [3.63, 3.8) is 0 Å². The number of rotatable bonds is 4. The Morgan fingerprint density at radius 1 is 1.15 bits per heavy atom. The van der Waals surface area contributed by atoms with Gasteiger partial charge in [0.1, 0.15) is 12.4 Å². The standard InChI is InChI=1S/C16H14O4/c1-19-16(18)20-15(10-5-11-17)14-9-4-7-12-6-2-3-8-13(12)14/h2-11,15H,1H3/b10-5+. The quantitative estimate of drug-likeness (QED) is 0.485. The Morgan fingerprint density at radius 3 is 2.65 bits per heavy atom. The van der Waals surface area contributed by atoms with Crippen LogP contribution in [0.5, 0.6) is 0 Å². The summed E-state index contributed by atoms with van der Waals surface area (Å²) in [6, 6.07) is 13.4. The second-order valence-electron chi connectivity index (χ2n) is 4.08. The molecule has 0 saturated heterocycles. The van der Waals surface area contributed by atoms with E-state index >= 15 is 0 Å². The predicted molar refractivity (Wildman–Crippen MR) is 75.4 cm³/mol. The second-order valence-corrected chi connectivity index (χ2v) is 4.08. The smallest absolute Gasteiger partial charge is 0.438 e. The summed E-state index contributed by atoms with van der Waals surface area (Å²) in [5, 5.41) is 1.99. The molecule has 1 atom stereocenters. The molecule has 0 fully saturated rings. The average molecular weight is 270 g/mol. The summed E-state index contributed by atoms with van der Waals surface area (Å²) in [5.74, 6) is 0. The molecule has 0 aliphatic carbocycles. The summed E-state index contributed by atoms with van der Waals surface area (Å²) in [4.78, 5) is 21.8. The van der Waals surface area contributed by atoms with E-state index in [1.54, 1.807) is 0 Å². The van der Waals surface area contributed by atoms with Crippen LogP contribution in [0.3, 0.4) is 0 Å². The fourth-order valence-electron chi connectivity index (χ4n) is 2.00. The lowest BCUT2D eigenvalue weighted by atomic mass is 10.00. The van der Waals surface area contributed by atoms with Crippen LogP contribution in [0.25, 0.3) is 10.8 Å². The lowest BCUT2D eigenvalue weighted by Crippen LogP contribution is -2.10. The number of carbonyl (C=O) groups excluding carboxylic acids is 2. The molecule has 0 N–H and O–H groups in total. The van der Waals surface area contributed by atoms with Crippen LogP contribution in [0, 0.1) is 0 Å². The van der Waals surface area contributed by atoms with E-state index in [0.717, 1.165) is 16.3 Å². The number of benzene rings is 2. The van der Waals surface area contributed by atoms with E-state index in [1.165, 1.54) is 19.3 Å². The Bertz CT molecular complexity index is 640. The first kappa shape index (κ1) is 13.8. The van der Waals surface area contributed by atoms with Crippen LogP contribution in [-0.4, -0.2) is 19.6 Å². The molecule has 0 saturated carbocycles. The fraction of sp³-hybridized carbons (Fsp3) is 0.125. The number of carbonyl (C=O) groups is 2. The van der Waals surface area contributed by atoms with Gasteiger partial charge in [0.2, 0.25) is 0 Å². The minimum absolute atomic E-state index is 0.638. The average Bonchev–Trinajstić information content (AvgIpc) is 2.50. The van der Waals surface area contributed by atoms with E-state index in [4.69, 9.17) is 4.74 Å². The van der Waals surface area contributed by atoms with Gasteiger partial charge >= 0.3 is 6.16 Å². The largest absolute Gasteiger partial charge is 0.508 e. The number of hydrogen-bond acceptors (Lipinski definition) is 4. The minimum Gasteiger partial charge on any atom is -0.438 e. The number of ether oxygens (including phenoxy) is 2. The van der Waals surface area contributed by atoms with Crippen LogP contribution in [0.2, 0.25) is 0 Å². The van der Waals surface area contributed by atoms with E-state index in [1.807, 2.05) is 42.5 Å². The predicted octanol–water partition coefficient (Wildman–Crippen LogP) is 3.42. The summed E-state index contributed by atoms with van der Waals surface area (Å²) in [6.45, 7) is 0. The summed E-state index contributed by atoms with van der Waals surface area (Å²) < 4.78 is 9.70. The normalized spacial score (nSPS) is 12.2. The van der Waals surface area contributed by atoms with Crippen LogP contribution in [0.15, 0.2) is 54.6 Å². The molecular formula is C16H14O4. The molecule has 0 bridgehead atoms. The first-order valence-corrected chi connectivity index (χ1v) is 6.10. The number of methoxy groups -OCH3 is 1. The molecule has 2 rings (SSSR count). The molecule has 0 aliphatic rings. The number of hydrogen-bond donors (Lipinski definition) is 0. The van der Waals surface area contributed by atoms with E-state index in [2.05, 4.69) is 4.74 Å². The molecule has 102 valence electrons. The highest BCUT2D eigenvalue weighted by Gasteiger charge is 2.16. The first-order chi connectivity index (χ1) is 9.76. The van der Waals surface area contributed by atoms with Crippen molar-refractivity contribution in [2.75, 3.05) is 7.11 Å². The van der Waals surface area contributed by atoms with Crippen LogP contribution in [0.4, 0.5) is 4.79 Å². The number of allylic oxidation sites excluding steroid dienone is 1. The highest BCUT2D eigenvalue weighted by atomic mass is 16.7. The molecule has 0 radical (unpaired) electrons. The van der Waals surface area contributed by atoms with Crippen molar-refractivity contribution < 1.29 is 19.1 Å². The molecular weight excluding hydrogens is 256 g/mol. The highest BCUT2D eigenvalue weighted by molar-refractivity contribution is 5.86. The third kappa shape index (κ3) is 3.03. The molecule has 4 heteroatoms. The maximum absolute atomic E-state index is 11.3. The fourth-order valence-corrected chi connectivity index (χ4v) is 2.00. The summed E-state index contributed by atoms with van der Waals surface area (Å²) >= 11 is 0. The first-order valence-electron chi connectivity index (χ1n) is 6.10. The van der Waals surface area contributed by atoms with Gasteiger partial charge in [-0.3, -0.25) is 4.79 Å². The Kier molecular flexibility index (Phi) is 4.50. The van der Waals surface area contributed by atoms with Gasteiger partial charge in [0.25, 0.3) is 0 Å². The zero-order valence-electron chi connectivity index (χ0n) is 11.0. The molecule has 1 unspecified atom stereocenters. The van der Waals surface area contributed by atoms with Gasteiger partial charge in [-0.2, -0.15) is 0 Å². The third-order valence-electron chi connectivity index (χ3n) is 2.88. The van der Waals surface area contributed by atoms with Gasteiger partial charge in [-0.1, -0.05) is 42.5 Å². The molecule has 0 spiro atoms. The second kappa shape index (κ2) is 6.52. The van der Waals surface area contributed by atoms with Gasteiger partial charge in [-0.05, 0) is 22.9 Å². The lowest BCUT2D eigenvalue weighted by Gasteiger charge is -2.15. The third-order valence-corrected chi connectivity index (χ3v) is 2.88. The molecule has 0 amide bonds. The van der Waals surface area contributed by atoms with Gasteiger partial charge in [-0.15, -0.1) is 0 Å². The van der Waals surface area contributed by atoms with Crippen molar-refractivity contribution in [3.05, 3.63) is 60.2 Å². The van der Waals surface area contributed by atoms with Gasteiger partial charge in [0.15, 0.2) is 0 Å². The van der Waals surface area contributed by atoms with Gasteiger partial charge in [-0.25, -0.2) is 4.79 Å². The molecule has 4 nitrogen and oxygen atoms in total. The van der Waals surface area contributed by atoms with Gasteiger partial charge in [0, 0.05) is 5.56 Å². The van der Waals surface area contributed by atoms with Crippen molar-refractivity contribution in [1.29, 1.82) is 0 Å². The van der Waals surface area contributed by atoms with Crippen LogP contribution in [-0.2, 0) is 14.3 Å². The maximum Gasteiger partial charge on any atom is 0.508 e. The molecule has 0 aromatic heterocycles. The molecule has 0 heterocycles. The topological polar surface area (TPSA) is 52.6 Å². The molecule has 2 aromatic rings. The van der Waals surface area contributed by atoms with Crippen molar-refractivity contribution >= 4 is 23.2 Å². The summed E-state index contributed by atoms with van der Waals surface area (Å²) in [5.41, 5.74) is 0.798. The monoisotopic (exact) mass is 270 g/mol. The Labute approximate surface area is 116 Å². The molecule has 2 aromatic carbocycles. The van der Waals surface area contributed by atoms with Crippen molar-refractivity contribution in [2.24, 2.45) is 0 Å². The van der Waals surface area contributed by atoms with Crippen LogP contribution >= 0.6 is 0 Å². The van der Waals surface area contributed by atoms with Crippen LogP contribution < -0.4 is 0 Å². The van der Waals surface area contributed by atoms with Crippen LogP contribution in [0.1, 0.15) is 11.7 Å². The van der Waals surface area contributed by atoms with E-state index < -0.39 is 12.3 Å². The summed E-state index contributed by atoms with van der Waals surface area (Å²) in [7, 11) is 1.24. The SMILES string of the molecule is COC(=O)OC(/C=C/C=O)c1cccc2ccccc12. The van der Waals surface area contributed by atoms with E-state index in [9.17, 15) is 9.59 Å². The maximum atomic E-state index is 11.3. The van der Waals surface area contributed by atoms with E-state index in [0.29, 0.717) is 6.29 Å². The zero-order valence-corrected chi connectivity index (χ0v) is 11.0. The van der Waals surface area contributed by atoms with Crippen molar-refractivity contribution in [1.82, 2.24) is 0 Å². The zero-order chi connectivity index (χ0) is 14.4. The number of fused-ring (bicyclic) bond motifs is 1. The Morgan fingerprint density at radius 2 is 1.90 bits per heavy atom. The van der Waals surface area contributed by atoms with Crippen molar-refractivity contribution in [2.45, 2.75) is 6.10 Å². The van der Waals surface area contributed by atoms with Crippen molar-refractivity contribution in [3.8, 4) is 0 Å². The minimum atomic E-state index is -0.793. The molecule has 0 aliphatic heterocycles. The number of aldehydes is 1. The Hall–Kier alpha value is -2.62. The highest BCUT2D eigenvalue weighted by Crippen LogP contribution is 2.27. The van der Waals surface area contributed by atoms with E-state index in [-0.39, 0.29) is 0 Å². The molecule has 20 heavy (non-hydrogen) atoms. The lowest BCUT2D eigenvalue weighted by molar-refractivity contribution is -0.104. The van der Waals surface area contributed by atoms with Gasteiger partial charge in [0.05, 0.1) is 7.11 Å². The summed E-state index contributed by atoms with van der Waals surface area (Å²) in [6.07, 6.45) is 2.00. The Balaban J connectivity index is 2.47.